The second-order valence-corrected chi connectivity index (χ2v) is 7.73. The van der Waals surface area contributed by atoms with Crippen molar-refractivity contribution in [2.24, 2.45) is 0 Å². The maximum atomic E-state index is 13.9. The molecular formula is C18H17OP. The van der Waals surface area contributed by atoms with E-state index in [-0.39, 0.29) is 0 Å². The molecule has 1 aliphatic carbocycles. The molecule has 0 radical (unpaired) electrons. The van der Waals surface area contributed by atoms with Gasteiger partial charge in [0.15, 0.2) is 7.14 Å². The Hall–Kier alpha value is -1.85. The summed E-state index contributed by atoms with van der Waals surface area (Å²) < 4.78 is 13.9. The van der Waals surface area contributed by atoms with Gasteiger partial charge in [-0.05, 0) is 18.2 Å². The third-order valence-electron chi connectivity index (χ3n) is 3.64. The first-order valence-electron chi connectivity index (χ1n) is 6.89. The highest BCUT2D eigenvalue weighted by molar-refractivity contribution is 7.82. The zero-order valence-corrected chi connectivity index (χ0v) is 12.2. The third kappa shape index (κ3) is 2.30. The van der Waals surface area contributed by atoms with Crippen molar-refractivity contribution < 1.29 is 4.57 Å². The van der Waals surface area contributed by atoms with Gasteiger partial charge in [-0.2, -0.15) is 0 Å². The van der Waals surface area contributed by atoms with E-state index in [4.69, 9.17) is 0 Å². The topological polar surface area (TPSA) is 17.1 Å². The minimum Gasteiger partial charge on any atom is -0.309 e. The minimum atomic E-state index is -2.69. The molecule has 0 saturated carbocycles. The van der Waals surface area contributed by atoms with Crippen molar-refractivity contribution in [2.45, 2.75) is 12.8 Å². The first kappa shape index (κ1) is 13.1. The molecule has 1 aliphatic rings. The lowest BCUT2D eigenvalue weighted by molar-refractivity contribution is 0.589. The second-order valence-electron chi connectivity index (χ2n) is 4.91. The molecular weight excluding hydrogens is 263 g/mol. The quantitative estimate of drug-likeness (QED) is 0.769. The summed E-state index contributed by atoms with van der Waals surface area (Å²) in [6.45, 7) is 0. The molecule has 0 heterocycles. The van der Waals surface area contributed by atoms with E-state index in [9.17, 15) is 4.57 Å². The molecule has 0 aromatic heterocycles. The lowest BCUT2D eigenvalue weighted by Gasteiger charge is -2.23. The predicted molar refractivity (Wildman–Crippen MR) is 86.2 cm³/mol. The summed E-state index contributed by atoms with van der Waals surface area (Å²) in [5, 5.41) is 2.90. The summed E-state index contributed by atoms with van der Waals surface area (Å²) in [6, 6.07) is 19.7. The van der Waals surface area contributed by atoms with E-state index >= 15 is 0 Å². The van der Waals surface area contributed by atoms with Crippen LogP contribution in [-0.2, 0) is 4.57 Å². The van der Waals surface area contributed by atoms with Crippen LogP contribution in [0, 0.1) is 0 Å². The minimum absolute atomic E-state index is 0.873. The Morgan fingerprint density at radius 1 is 0.800 bits per heavy atom. The fraction of sp³-hybridized carbons (Fsp3) is 0.111. The third-order valence-corrected chi connectivity index (χ3v) is 6.87. The van der Waals surface area contributed by atoms with Crippen LogP contribution < -0.4 is 10.6 Å². The zero-order valence-electron chi connectivity index (χ0n) is 11.3. The largest absolute Gasteiger partial charge is 0.309 e. The molecule has 2 heteroatoms. The fourth-order valence-corrected chi connectivity index (χ4v) is 5.49. The van der Waals surface area contributed by atoms with Crippen molar-refractivity contribution in [3.05, 3.63) is 84.2 Å². The maximum absolute atomic E-state index is 13.9. The molecule has 0 unspecified atom stereocenters. The molecule has 2 aromatic carbocycles. The number of benzene rings is 2. The van der Waals surface area contributed by atoms with Crippen LogP contribution in [0.3, 0.4) is 0 Å². The van der Waals surface area contributed by atoms with Gasteiger partial charge in [0.1, 0.15) is 0 Å². The molecule has 0 aliphatic heterocycles. The number of rotatable bonds is 3. The molecule has 0 bridgehead atoms. The van der Waals surface area contributed by atoms with Gasteiger partial charge in [-0.3, -0.25) is 0 Å². The second kappa shape index (κ2) is 5.64. The smallest absolute Gasteiger partial charge is 0.167 e. The molecule has 100 valence electrons. The summed E-state index contributed by atoms with van der Waals surface area (Å²) >= 11 is 0. The van der Waals surface area contributed by atoms with Crippen LogP contribution >= 0.6 is 7.14 Å². The summed E-state index contributed by atoms with van der Waals surface area (Å²) in [5.41, 5.74) is 0. The van der Waals surface area contributed by atoms with Crippen LogP contribution in [0.25, 0.3) is 0 Å². The van der Waals surface area contributed by atoms with Gasteiger partial charge in [0, 0.05) is 10.6 Å². The predicted octanol–water partition coefficient (Wildman–Crippen LogP) is 4.23. The van der Waals surface area contributed by atoms with Gasteiger partial charge in [-0.1, -0.05) is 78.9 Å². The Morgan fingerprint density at radius 3 is 1.80 bits per heavy atom. The van der Waals surface area contributed by atoms with Crippen LogP contribution in [0.4, 0.5) is 0 Å². The summed E-state index contributed by atoms with van der Waals surface area (Å²) in [7, 11) is -2.69. The van der Waals surface area contributed by atoms with Gasteiger partial charge >= 0.3 is 0 Å². The Balaban J connectivity index is 2.21. The SMILES string of the molecule is O=P(C1=CC=CCC1)(c1ccccc1)c1ccccc1. The Labute approximate surface area is 120 Å². The van der Waals surface area contributed by atoms with E-state index in [1.54, 1.807) is 0 Å². The molecule has 0 atom stereocenters. The van der Waals surface area contributed by atoms with E-state index in [0.29, 0.717) is 0 Å². The van der Waals surface area contributed by atoms with Gasteiger partial charge in [0.25, 0.3) is 0 Å². The van der Waals surface area contributed by atoms with Gasteiger partial charge in [0.2, 0.25) is 0 Å². The first-order chi connectivity index (χ1) is 9.82. The van der Waals surface area contributed by atoms with E-state index in [1.165, 1.54) is 0 Å². The highest BCUT2D eigenvalue weighted by Gasteiger charge is 2.31. The Kier molecular flexibility index (Phi) is 3.71. The van der Waals surface area contributed by atoms with Crippen LogP contribution in [0.15, 0.2) is 84.2 Å². The van der Waals surface area contributed by atoms with E-state index in [0.717, 1.165) is 28.8 Å². The molecule has 20 heavy (non-hydrogen) atoms. The van der Waals surface area contributed by atoms with E-state index in [1.807, 2.05) is 72.8 Å². The summed E-state index contributed by atoms with van der Waals surface area (Å²) in [5.74, 6) is 0. The molecule has 2 aromatic rings. The van der Waals surface area contributed by atoms with Crippen LogP contribution in [-0.4, -0.2) is 0 Å². The van der Waals surface area contributed by atoms with Crippen LogP contribution in [0.1, 0.15) is 12.8 Å². The average Bonchev–Trinajstić information content (AvgIpc) is 2.56. The highest BCUT2D eigenvalue weighted by atomic mass is 31.2. The van der Waals surface area contributed by atoms with Gasteiger partial charge in [0.05, 0.1) is 0 Å². The fourth-order valence-electron chi connectivity index (χ4n) is 2.61. The Bertz CT molecular complexity index is 640. The summed E-state index contributed by atoms with van der Waals surface area (Å²) in [6.07, 6.45) is 8.03. The lowest BCUT2D eigenvalue weighted by Crippen LogP contribution is -2.17. The molecule has 0 fully saturated rings. The van der Waals surface area contributed by atoms with Crippen molar-refractivity contribution in [1.29, 1.82) is 0 Å². The molecule has 1 nitrogen and oxygen atoms in total. The number of allylic oxidation sites excluding steroid dienone is 4. The van der Waals surface area contributed by atoms with Crippen molar-refractivity contribution in [2.75, 3.05) is 0 Å². The number of hydrogen-bond donors (Lipinski definition) is 0. The van der Waals surface area contributed by atoms with Crippen molar-refractivity contribution in [1.82, 2.24) is 0 Å². The Morgan fingerprint density at radius 2 is 1.35 bits per heavy atom. The first-order valence-corrected chi connectivity index (χ1v) is 8.60. The molecule has 0 amide bonds. The lowest BCUT2D eigenvalue weighted by atomic mass is 10.2. The zero-order chi connectivity index (χ0) is 13.8. The average molecular weight is 280 g/mol. The van der Waals surface area contributed by atoms with Gasteiger partial charge in [-0.25, -0.2) is 0 Å². The molecule has 0 spiro atoms. The standard InChI is InChI=1S/C18H17OP/c19-20(16-10-4-1-5-11-16,17-12-6-2-7-13-17)18-14-8-3-9-15-18/h1-8,10-14H,9,15H2. The monoisotopic (exact) mass is 280 g/mol. The van der Waals surface area contributed by atoms with Crippen LogP contribution in [0.2, 0.25) is 0 Å². The summed E-state index contributed by atoms with van der Waals surface area (Å²) in [4.78, 5) is 0. The van der Waals surface area contributed by atoms with Gasteiger partial charge < -0.3 is 4.57 Å². The van der Waals surface area contributed by atoms with Crippen molar-refractivity contribution >= 4 is 17.8 Å². The van der Waals surface area contributed by atoms with Crippen LogP contribution in [0.5, 0.6) is 0 Å². The van der Waals surface area contributed by atoms with E-state index < -0.39 is 7.14 Å². The molecule has 0 saturated heterocycles. The van der Waals surface area contributed by atoms with Gasteiger partial charge in [-0.15, -0.1) is 0 Å². The number of hydrogen-bond acceptors (Lipinski definition) is 1. The van der Waals surface area contributed by atoms with Crippen molar-refractivity contribution in [3.8, 4) is 0 Å². The van der Waals surface area contributed by atoms with Crippen molar-refractivity contribution in [3.63, 3.8) is 0 Å². The highest BCUT2D eigenvalue weighted by Crippen LogP contribution is 2.54. The molecule has 3 rings (SSSR count). The maximum Gasteiger partial charge on any atom is 0.167 e. The normalized spacial score (nSPS) is 14.9. The van der Waals surface area contributed by atoms with E-state index in [2.05, 4.69) is 6.08 Å². The molecule has 0 N–H and O–H groups in total.